The molecule has 138 valence electrons. The van der Waals surface area contributed by atoms with Gasteiger partial charge in [-0.3, -0.25) is 4.84 Å². The maximum Gasteiger partial charge on any atom is 0.200 e. The first-order valence-corrected chi connectivity index (χ1v) is 7.26. The highest BCUT2D eigenvalue weighted by Crippen LogP contribution is 2.32. The maximum atomic E-state index is 14.2. The monoisotopic (exact) mass is 349 g/mol. The second-order valence-electron chi connectivity index (χ2n) is 4.54. The fourth-order valence-corrected chi connectivity index (χ4v) is 1.66. The normalized spacial score (nSPS) is 10.8. The lowest BCUT2D eigenvalue weighted by atomic mass is 10.2. The zero-order valence-corrected chi connectivity index (χ0v) is 13.9. The number of rotatable bonds is 14. The van der Waals surface area contributed by atoms with Crippen LogP contribution in [0.4, 0.5) is 4.39 Å². The fourth-order valence-electron chi connectivity index (χ4n) is 1.66. The van der Waals surface area contributed by atoms with Crippen molar-refractivity contribution in [1.29, 1.82) is 0 Å². The van der Waals surface area contributed by atoms with Gasteiger partial charge in [0.05, 0.1) is 33.0 Å². The lowest BCUT2D eigenvalue weighted by Gasteiger charge is -2.15. The van der Waals surface area contributed by atoms with Crippen molar-refractivity contribution in [3.8, 4) is 11.5 Å². The van der Waals surface area contributed by atoms with E-state index in [1.54, 1.807) is 20.3 Å². The SMILES string of the molecule is COCCOCOc1cc(CON)cc(F)c1OCOCCOC. The predicted molar refractivity (Wildman–Crippen MR) is 82.0 cm³/mol. The van der Waals surface area contributed by atoms with E-state index in [4.69, 9.17) is 34.3 Å². The van der Waals surface area contributed by atoms with E-state index in [-0.39, 0.29) is 31.7 Å². The molecule has 0 aliphatic heterocycles. The summed E-state index contributed by atoms with van der Waals surface area (Å²) in [4.78, 5) is 4.51. The largest absolute Gasteiger partial charge is 0.464 e. The minimum atomic E-state index is -0.619. The van der Waals surface area contributed by atoms with Crippen molar-refractivity contribution in [2.45, 2.75) is 6.61 Å². The van der Waals surface area contributed by atoms with E-state index in [0.29, 0.717) is 32.0 Å². The number of hydrogen-bond donors (Lipinski definition) is 1. The van der Waals surface area contributed by atoms with E-state index < -0.39 is 5.82 Å². The van der Waals surface area contributed by atoms with Crippen LogP contribution < -0.4 is 15.4 Å². The van der Waals surface area contributed by atoms with Crippen molar-refractivity contribution in [3.05, 3.63) is 23.5 Å². The van der Waals surface area contributed by atoms with Gasteiger partial charge in [0, 0.05) is 14.2 Å². The van der Waals surface area contributed by atoms with Crippen LogP contribution in [0.1, 0.15) is 5.56 Å². The summed E-state index contributed by atoms with van der Waals surface area (Å²) in [7, 11) is 3.11. The molecule has 0 bridgehead atoms. The summed E-state index contributed by atoms with van der Waals surface area (Å²) in [5.74, 6) is 4.48. The quantitative estimate of drug-likeness (QED) is 0.305. The fraction of sp³-hybridized carbons (Fsp3) is 0.600. The summed E-state index contributed by atoms with van der Waals surface area (Å²) in [6.07, 6.45) is 0. The summed E-state index contributed by atoms with van der Waals surface area (Å²) in [5.41, 5.74) is 0.495. The van der Waals surface area contributed by atoms with Crippen LogP contribution in [-0.2, 0) is 30.4 Å². The van der Waals surface area contributed by atoms with Crippen molar-refractivity contribution in [3.63, 3.8) is 0 Å². The second kappa shape index (κ2) is 12.9. The minimum absolute atomic E-state index is 0.0302. The average Bonchev–Trinajstić information content (AvgIpc) is 2.56. The molecule has 0 aliphatic rings. The number of nitrogens with two attached hydrogens (primary N) is 1. The molecule has 0 aromatic heterocycles. The number of halogens is 1. The minimum Gasteiger partial charge on any atom is -0.464 e. The van der Waals surface area contributed by atoms with E-state index in [1.807, 2.05) is 0 Å². The van der Waals surface area contributed by atoms with Gasteiger partial charge in [0.2, 0.25) is 0 Å². The number of hydrogen-bond acceptors (Lipinski definition) is 8. The van der Waals surface area contributed by atoms with Crippen molar-refractivity contribution >= 4 is 0 Å². The third kappa shape index (κ3) is 7.86. The number of benzene rings is 1. The van der Waals surface area contributed by atoms with Crippen LogP contribution in [-0.4, -0.2) is 54.2 Å². The predicted octanol–water partition coefficient (Wildman–Crippen LogP) is 1.21. The summed E-state index contributed by atoms with van der Waals surface area (Å²) >= 11 is 0. The number of methoxy groups -OCH3 is 2. The molecule has 9 heteroatoms. The molecular formula is C15H24FNO7. The highest BCUT2D eigenvalue weighted by Gasteiger charge is 2.15. The van der Waals surface area contributed by atoms with Gasteiger partial charge in [-0.05, 0) is 17.7 Å². The zero-order valence-electron chi connectivity index (χ0n) is 13.9. The van der Waals surface area contributed by atoms with Crippen LogP contribution in [0.15, 0.2) is 12.1 Å². The van der Waals surface area contributed by atoms with Gasteiger partial charge >= 0.3 is 0 Å². The van der Waals surface area contributed by atoms with E-state index in [9.17, 15) is 4.39 Å². The van der Waals surface area contributed by atoms with Crippen LogP contribution in [0.5, 0.6) is 11.5 Å². The van der Waals surface area contributed by atoms with Gasteiger partial charge in [-0.25, -0.2) is 10.3 Å². The van der Waals surface area contributed by atoms with Crippen LogP contribution in [0.25, 0.3) is 0 Å². The van der Waals surface area contributed by atoms with Gasteiger partial charge in [0.1, 0.15) is 0 Å². The van der Waals surface area contributed by atoms with Crippen molar-refractivity contribution < 1.29 is 37.6 Å². The zero-order chi connectivity index (χ0) is 17.6. The molecule has 2 N–H and O–H groups in total. The van der Waals surface area contributed by atoms with Gasteiger partial charge in [-0.15, -0.1) is 0 Å². The molecule has 0 heterocycles. The molecular weight excluding hydrogens is 325 g/mol. The highest BCUT2D eigenvalue weighted by atomic mass is 19.1. The molecule has 0 radical (unpaired) electrons. The van der Waals surface area contributed by atoms with Crippen LogP contribution in [0.3, 0.4) is 0 Å². The topological polar surface area (TPSA) is 90.6 Å². The van der Waals surface area contributed by atoms with Crippen LogP contribution in [0, 0.1) is 5.82 Å². The Hall–Kier alpha value is -1.49. The maximum absolute atomic E-state index is 14.2. The molecule has 1 aromatic carbocycles. The molecule has 0 spiro atoms. The summed E-state index contributed by atoms with van der Waals surface area (Å²) in [5, 5.41) is 0. The molecule has 1 rings (SSSR count). The van der Waals surface area contributed by atoms with Crippen molar-refractivity contribution in [2.24, 2.45) is 5.90 Å². The Kier molecular flexibility index (Phi) is 11.0. The Labute approximate surface area is 140 Å². The second-order valence-corrected chi connectivity index (χ2v) is 4.54. The first-order chi connectivity index (χ1) is 11.7. The van der Waals surface area contributed by atoms with Gasteiger partial charge in [-0.2, -0.15) is 0 Å². The molecule has 0 atom stereocenters. The standard InChI is InChI=1S/C15H24FNO7/c1-18-3-5-20-10-22-14-8-12(9-24-17)7-13(16)15(14)23-11-21-6-4-19-2/h7-8H,3-6,9-11,17H2,1-2H3. The first-order valence-electron chi connectivity index (χ1n) is 7.26. The molecule has 0 unspecified atom stereocenters. The van der Waals surface area contributed by atoms with Gasteiger partial charge < -0.3 is 28.4 Å². The van der Waals surface area contributed by atoms with E-state index in [2.05, 4.69) is 4.84 Å². The number of ether oxygens (including phenoxy) is 6. The van der Waals surface area contributed by atoms with Gasteiger partial charge in [-0.1, -0.05) is 0 Å². The van der Waals surface area contributed by atoms with Crippen LogP contribution >= 0.6 is 0 Å². The first kappa shape index (κ1) is 20.6. The summed E-state index contributed by atoms with van der Waals surface area (Å²) < 4.78 is 45.0. The molecule has 8 nitrogen and oxygen atoms in total. The Balaban J connectivity index is 2.66. The molecule has 0 fully saturated rings. The smallest absolute Gasteiger partial charge is 0.200 e. The molecule has 0 aliphatic carbocycles. The van der Waals surface area contributed by atoms with Crippen molar-refractivity contribution in [1.82, 2.24) is 0 Å². The Bertz CT molecular complexity index is 462. The lowest BCUT2D eigenvalue weighted by molar-refractivity contribution is -0.0221. The Morgan fingerprint density at radius 3 is 2.12 bits per heavy atom. The van der Waals surface area contributed by atoms with E-state index >= 15 is 0 Å². The van der Waals surface area contributed by atoms with Crippen molar-refractivity contribution in [2.75, 3.05) is 54.2 Å². The summed E-state index contributed by atoms with van der Waals surface area (Å²) in [6.45, 7) is 1.31. The average molecular weight is 349 g/mol. The lowest BCUT2D eigenvalue weighted by Crippen LogP contribution is -2.12. The van der Waals surface area contributed by atoms with Crippen LogP contribution in [0.2, 0.25) is 0 Å². The summed E-state index contributed by atoms with van der Waals surface area (Å²) in [6, 6.07) is 2.80. The molecule has 0 amide bonds. The molecule has 1 aromatic rings. The highest BCUT2D eigenvalue weighted by molar-refractivity contribution is 5.44. The molecule has 24 heavy (non-hydrogen) atoms. The van der Waals surface area contributed by atoms with Gasteiger partial charge in [0.15, 0.2) is 30.9 Å². The molecule has 0 saturated carbocycles. The molecule has 0 saturated heterocycles. The van der Waals surface area contributed by atoms with E-state index in [0.717, 1.165) is 0 Å². The Morgan fingerprint density at radius 2 is 1.54 bits per heavy atom. The third-order valence-electron chi connectivity index (χ3n) is 2.77. The van der Waals surface area contributed by atoms with Gasteiger partial charge in [0.25, 0.3) is 0 Å². The Morgan fingerprint density at radius 1 is 0.917 bits per heavy atom. The third-order valence-corrected chi connectivity index (χ3v) is 2.77. The van der Waals surface area contributed by atoms with E-state index in [1.165, 1.54) is 6.07 Å².